The fourth-order valence-corrected chi connectivity index (χ4v) is 7.01. The minimum absolute atomic E-state index is 0.0290. The van der Waals surface area contributed by atoms with Crippen molar-refractivity contribution in [3.05, 3.63) is 118 Å². The van der Waals surface area contributed by atoms with Gasteiger partial charge in [-0.1, -0.05) is 48.0 Å². The van der Waals surface area contributed by atoms with E-state index in [9.17, 15) is 27.9 Å². The Hall–Kier alpha value is -5.33. The van der Waals surface area contributed by atoms with Crippen LogP contribution in [0.2, 0.25) is 0 Å². The molecule has 0 aliphatic rings. The van der Waals surface area contributed by atoms with Gasteiger partial charge in [-0.25, -0.2) is 13.4 Å². The number of para-hydroxylation sites is 1. The molecular weight excluding hydrogens is 594 g/mol. The molecule has 3 aromatic carbocycles. The number of nitrogens with one attached hydrogen (secondary N) is 2. The number of carboxylic acids is 1. The van der Waals surface area contributed by atoms with E-state index in [2.05, 4.69) is 15.0 Å². The van der Waals surface area contributed by atoms with Gasteiger partial charge in [0.15, 0.2) is 0 Å². The van der Waals surface area contributed by atoms with E-state index in [-0.39, 0.29) is 15.8 Å². The average Bonchev–Trinajstić information content (AvgIpc) is 2.98. The lowest BCUT2D eigenvalue weighted by Gasteiger charge is -2.19. The van der Waals surface area contributed by atoms with E-state index >= 15 is 0 Å². The van der Waals surface area contributed by atoms with E-state index in [1.54, 1.807) is 79.1 Å². The fourth-order valence-electron chi connectivity index (χ4n) is 5.37. The minimum Gasteiger partial charge on any atom is -0.480 e. The number of nitrogens with two attached hydrogens (primary N) is 1. The topological polar surface area (TPSA) is 173 Å². The number of aryl methyl sites for hydroxylation is 3. The third-order valence-corrected chi connectivity index (χ3v) is 9.06. The van der Waals surface area contributed by atoms with Gasteiger partial charge < -0.3 is 20.7 Å². The van der Waals surface area contributed by atoms with Crippen LogP contribution in [0.1, 0.15) is 27.0 Å². The van der Waals surface area contributed by atoms with E-state index in [4.69, 9.17) is 5.73 Å². The number of carboxylic acid groups (broad SMARTS) is 1. The lowest BCUT2D eigenvalue weighted by molar-refractivity contribution is -0.138. The molecule has 0 saturated heterocycles. The molecule has 0 spiro atoms. The van der Waals surface area contributed by atoms with E-state index in [1.165, 1.54) is 6.20 Å². The van der Waals surface area contributed by atoms with Crippen molar-refractivity contribution in [1.29, 1.82) is 0 Å². The number of aromatic nitrogens is 2. The molecule has 230 valence electrons. The van der Waals surface area contributed by atoms with Gasteiger partial charge in [0.2, 0.25) is 15.5 Å². The number of benzene rings is 3. The van der Waals surface area contributed by atoms with Crippen molar-refractivity contribution in [2.75, 3.05) is 12.3 Å². The summed E-state index contributed by atoms with van der Waals surface area (Å²) in [5, 5.41) is 12.5. The van der Waals surface area contributed by atoms with Crippen LogP contribution in [0.5, 0.6) is 0 Å². The zero-order valence-electron chi connectivity index (χ0n) is 24.7. The summed E-state index contributed by atoms with van der Waals surface area (Å²) in [6, 6.07) is 21.0. The van der Waals surface area contributed by atoms with Crippen molar-refractivity contribution in [3.8, 4) is 16.9 Å². The van der Waals surface area contributed by atoms with Gasteiger partial charge >= 0.3 is 5.97 Å². The van der Waals surface area contributed by atoms with Crippen LogP contribution in [0.15, 0.2) is 94.7 Å². The van der Waals surface area contributed by atoms with Gasteiger partial charge in [0.1, 0.15) is 17.4 Å². The third-order valence-electron chi connectivity index (χ3n) is 7.29. The molecule has 0 bridgehead atoms. The molecule has 0 aliphatic carbocycles. The molecule has 2 heterocycles. The maximum atomic E-state index is 13.6. The third kappa shape index (κ3) is 6.47. The van der Waals surface area contributed by atoms with Crippen LogP contribution in [0.4, 0.5) is 5.82 Å². The minimum atomic E-state index is -4.27. The Balaban J connectivity index is 1.49. The second kappa shape index (κ2) is 12.3. The number of nitrogens with zero attached hydrogens (tertiary/aromatic N) is 2. The van der Waals surface area contributed by atoms with Crippen LogP contribution >= 0.6 is 0 Å². The van der Waals surface area contributed by atoms with Gasteiger partial charge in [0, 0.05) is 29.4 Å². The van der Waals surface area contributed by atoms with Gasteiger partial charge in [0.05, 0.1) is 16.1 Å². The Bertz CT molecular complexity index is 2100. The van der Waals surface area contributed by atoms with Crippen LogP contribution in [-0.4, -0.2) is 47.5 Å². The highest BCUT2D eigenvalue weighted by Crippen LogP contribution is 2.25. The zero-order valence-corrected chi connectivity index (χ0v) is 25.6. The lowest BCUT2D eigenvalue weighted by atomic mass is 10.0. The average molecular weight is 626 g/mol. The van der Waals surface area contributed by atoms with Gasteiger partial charge in [-0.2, -0.15) is 4.72 Å². The first-order valence-corrected chi connectivity index (χ1v) is 15.4. The number of hydrogen-bond donors (Lipinski definition) is 4. The summed E-state index contributed by atoms with van der Waals surface area (Å²) in [5.74, 6) is -2.02. The largest absolute Gasteiger partial charge is 0.480 e. The Morgan fingerprint density at radius 1 is 0.956 bits per heavy atom. The second-order valence-electron chi connectivity index (χ2n) is 10.7. The van der Waals surface area contributed by atoms with Crippen molar-refractivity contribution in [2.45, 2.75) is 31.7 Å². The van der Waals surface area contributed by atoms with Crippen molar-refractivity contribution >= 4 is 38.6 Å². The number of sulfonamides is 1. The summed E-state index contributed by atoms with van der Waals surface area (Å²) < 4.78 is 30.3. The molecule has 12 heteroatoms. The number of hydrogen-bond acceptors (Lipinski definition) is 7. The monoisotopic (exact) mass is 625 g/mol. The highest BCUT2D eigenvalue weighted by Gasteiger charge is 2.29. The molecule has 5 aromatic rings. The number of anilines is 1. The van der Waals surface area contributed by atoms with Crippen LogP contribution in [0.3, 0.4) is 0 Å². The number of carbonyl (C=O) groups excluding carboxylic acids is 1. The Morgan fingerprint density at radius 3 is 2.29 bits per heavy atom. The molecule has 1 unspecified atom stereocenters. The summed E-state index contributed by atoms with van der Waals surface area (Å²) in [5.41, 5.74) is 9.28. The van der Waals surface area contributed by atoms with Crippen LogP contribution < -0.4 is 21.2 Å². The second-order valence-corrected chi connectivity index (χ2v) is 12.4. The maximum Gasteiger partial charge on any atom is 0.323 e. The predicted molar refractivity (Wildman–Crippen MR) is 172 cm³/mol. The lowest BCUT2D eigenvalue weighted by Crippen LogP contribution is -2.49. The molecule has 0 saturated carbocycles. The Labute approximate surface area is 259 Å². The molecule has 0 fully saturated rings. The van der Waals surface area contributed by atoms with Crippen LogP contribution in [0, 0.1) is 20.8 Å². The number of fused-ring (bicyclic) bond motifs is 1. The van der Waals surface area contributed by atoms with Gasteiger partial charge in [0.25, 0.3) is 5.91 Å². The highest BCUT2D eigenvalue weighted by molar-refractivity contribution is 7.89. The SMILES string of the molecule is Cc1cc(C)c(S(=O)(=O)NC(CNC(=O)c2cn(-c3ccccc3)c3cc(-c4cccc(N)n4)ccc3c2=O)C(=O)O)c(C)c1. The van der Waals surface area contributed by atoms with Gasteiger partial charge in [-0.15, -0.1) is 0 Å². The summed E-state index contributed by atoms with van der Waals surface area (Å²) >= 11 is 0. The Morgan fingerprint density at radius 2 is 1.64 bits per heavy atom. The number of aliphatic carboxylic acids is 1. The number of pyridine rings is 2. The van der Waals surface area contributed by atoms with Crippen molar-refractivity contribution in [3.63, 3.8) is 0 Å². The van der Waals surface area contributed by atoms with E-state index < -0.39 is 39.9 Å². The van der Waals surface area contributed by atoms with Crippen molar-refractivity contribution in [2.24, 2.45) is 0 Å². The van der Waals surface area contributed by atoms with E-state index in [1.807, 2.05) is 25.1 Å². The predicted octanol–water partition coefficient (Wildman–Crippen LogP) is 3.72. The first-order chi connectivity index (χ1) is 21.4. The fraction of sp³-hybridized carbons (Fsp3) is 0.152. The molecule has 2 aromatic heterocycles. The molecule has 45 heavy (non-hydrogen) atoms. The van der Waals surface area contributed by atoms with Gasteiger partial charge in [-0.3, -0.25) is 14.4 Å². The number of nitrogen functional groups attached to an aromatic ring is 1. The summed E-state index contributed by atoms with van der Waals surface area (Å²) in [4.78, 5) is 43.4. The Kier molecular flexibility index (Phi) is 8.53. The first-order valence-electron chi connectivity index (χ1n) is 13.9. The highest BCUT2D eigenvalue weighted by atomic mass is 32.2. The number of rotatable bonds is 9. The summed E-state index contributed by atoms with van der Waals surface area (Å²) in [7, 11) is -4.27. The molecular formula is C33H31N5O6S. The molecule has 0 radical (unpaired) electrons. The quantitative estimate of drug-likeness (QED) is 0.192. The first kappa shape index (κ1) is 31.1. The zero-order chi connectivity index (χ0) is 32.5. The number of carbonyl (C=O) groups is 2. The van der Waals surface area contributed by atoms with Crippen LogP contribution in [-0.2, 0) is 14.8 Å². The maximum absolute atomic E-state index is 13.6. The summed E-state index contributed by atoms with van der Waals surface area (Å²) in [6.45, 7) is 4.46. The molecule has 11 nitrogen and oxygen atoms in total. The molecule has 0 aliphatic heterocycles. The normalized spacial score (nSPS) is 12.2. The van der Waals surface area contributed by atoms with Crippen molar-refractivity contribution in [1.82, 2.24) is 19.6 Å². The van der Waals surface area contributed by atoms with E-state index in [0.29, 0.717) is 39.4 Å². The molecule has 5 rings (SSSR count). The van der Waals surface area contributed by atoms with Crippen molar-refractivity contribution < 1.29 is 23.1 Å². The van der Waals surface area contributed by atoms with Crippen LogP contribution in [0.25, 0.3) is 27.8 Å². The number of amides is 1. The molecule has 1 amide bonds. The molecule has 1 atom stereocenters. The molecule has 5 N–H and O–H groups in total. The standard InChI is InChI=1S/C33H31N5O6S/c1-19-14-20(2)31(21(3)15-19)45(43,44)37-27(33(41)42)17-35-32(40)25-18-38(23-8-5-4-6-9-23)28-16-22(12-13-24(28)30(25)39)26-10-7-11-29(34)36-26/h4-16,18,27,37H,17H2,1-3H3,(H2,34,36)(H,35,40)(H,41,42). The summed E-state index contributed by atoms with van der Waals surface area (Å²) in [6.07, 6.45) is 1.38. The van der Waals surface area contributed by atoms with Gasteiger partial charge in [-0.05, 0) is 68.3 Å². The van der Waals surface area contributed by atoms with E-state index in [0.717, 1.165) is 5.56 Å². The smallest absolute Gasteiger partial charge is 0.323 e.